The molecule has 1 unspecified atom stereocenters. The number of aliphatic hydroxyl groups is 2. The molecule has 0 spiro atoms. The Labute approximate surface area is 223 Å². The molecule has 3 aromatic carbocycles. The molecule has 0 bridgehead atoms. The van der Waals surface area contributed by atoms with Gasteiger partial charge in [0.15, 0.2) is 6.10 Å². The van der Waals surface area contributed by atoms with Crippen molar-refractivity contribution in [3.05, 3.63) is 98.8 Å². The molecule has 0 radical (unpaired) electrons. The number of rotatable bonds is 4. The quantitative estimate of drug-likeness (QED) is 0.264. The summed E-state index contributed by atoms with van der Waals surface area (Å²) >= 11 is 0. The van der Waals surface area contributed by atoms with Crippen molar-refractivity contribution in [1.82, 2.24) is 9.55 Å². The van der Waals surface area contributed by atoms with Crippen LogP contribution in [0.3, 0.4) is 0 Å². The largest absolute Gasteiger partial charge is 0.458 e. The number of hydrogen-bond acceptors (Lipinski definition) is 6. The molecule has 7 heteroatoms. The number of cyclic esters (lactones) is 1. The van der Waals surface area contributed by atoms with Crippen LogP contribution in [0.25, 0.3) is 44.2 Å². The van der Waals surface area contributed by atoms with Gasteiger partial charge in [-0.3, -0.25) is 4.79 Å². The summed E-state index contributed by atoms with van der Waals surface area (Å²) in [6.07, 6.45) is -0.0777. The molecule has 0 saturated heterocycles. The number of hydrogen-bond donors (Lipinski definition) is 2. The molecule has 2 aliphatic heterocycles. The first-order valence-electron chi connectivity index (χ1n) is 13.2. The van der Waals surface area contributed by atoms with Crippen LogP contribution in [0.5, 0.6) is 0 Å². The standard InChI is InChI=1S/C32H26N2O5/c1-2-21-24-15-34-27(14-23-25(31(34)37)16-39-32(38)30(23)36)29(24)33-26-10-9-19-7-8-20(13-22(19)28(21)26)18-5-3-17(4-6-18)11-12-35/h3-10,13-14,30,35-36H,2,11-12,15-16H2,1H3. The van der Waals surface area contributed by atoms with E-state index in [1.807, 2.05) is 6.07 Å². The van der Waals surface area contributed by atoms with Crippen LogP contribution >= 0.6 is 0 Å². The summed E-state index contributed by atoms with van der Waals surface area (Å²) in [6, 6.07) is 20.5. The summed E-state index contributed by atoms with van der Waals surface area (Å²) in [6.45, 7) is 2.49. The molecule has 0 fully saturated rings. The monoisotopic (exact) mass is 518 g/mol. The predicted molar refractivity (Wildman–Crippen MR) is 148 cm³/mol. The molecule has 0 aliphatic carbocycles. The van der Waals surface area contributed by atoms with E-state index >= 15 is 0 Å². The molecule has 7 nitrogen and oxygen atoms in total. The zero-order chi connectivity index (χ0) is 26.8. The lowest BCUT2D eigenvalue weighted by molar-refractivity contribution is -0.157. The Kier molecular flexibility index (Phi) is 5.40. The fourth-order valence-corrected chi connectivity index (χ4v) is 6.10. The van der Waals surface area contributed by atoms with Gasteiger partial charge in [0.05, 0.1) is 29.0 Å². The number of carbonyl (C=O) groups is 1. The third-order valence-electron chi connectivity index (χ3n) is 8.10. The van der Waals surface area contributed by atoms with Gasteiger partial charge in [0.2, 0.25) is 0 Å². The van der Waals surface area contributed by atoms with Crippen LogP contribution in [0.15, 0.2) is 65.5 Å². The third kappa shape index (κ3) is 3.54. The van der Waals surface area contributed by atoms with Crippen molar-refractivity contribution in [1.29, 1.82) is 0 Å². The molecule has 2 aliphatic rings. The Bertz CT molecular complexity index is 1890. The molecule has 7 rings (SSSR count). The minimum atomic E-state index is -1.47. The number of carbonyl (C=O) groups excluding carboxylic acids is 1. The lowest BCUT2D eigenvalue weighted by Gasteiger charge is -2.21. The molecular weight excluding hydrogens is 492 g/mol. The Balaban J connectivity index is 1.43. The van der Waals surface area contributed by atoms with Crippen molar-refractivity contribution in [3.63, 3.8) is 0 Å². The van der Waals surface area contributed by atoms with Crippen molar-refractivity contribution >= 4 is 27.6 Å². The van der Waals surface area contributed by atoms with Crippen LogP contribution < -0.4 is 5.56 Å². The maximum absolute atomic E-state index is 13.4. The second-order valence-electron chi connectivity index (χ2n) is 10.2. The number of aryl methyl sites for hydroxylation is 1. The number of nitrogens with zero attached hydrogens (tertiary/aromatic N) is 2. The van der Waals surface area contributed by atoms with Gasteiger partial charge in [0.1, 0.15) is 6.61 Å². The van der Waals surface area contributed by atoms with E-state index in [0.29, 0.717) is 29.8 Å². The lowest BCUT2D eigenvalue weighted by Crippen LogP contribution is -2.32. The number of fused-ring (bicyclic) bond motifs is 7. The average Bonchev–Trinajstić information content (AvgIpc) is 3.33. The van der Waals surface area contributed by atoms with Gasteiger partial charge in [-0.1, -0.05) is 49.4 Å². The van der Waals surface area contributed by atoms with E-state index in [2.05, 4.69) is 55.5 Å². The lowest BCUT2D eigenvalue weighted by atomic mass is 9.92. The van der Waals surface area contributed by atoms with E-state index in [0.717, 1.165) is 61.6 Å². The Hall–Kier alpha value is -4.33. The molecule has 2 aromatic heterocycles. The fourth-order valence-electron chi connectivity index (χ4n) is 6.10. The zero-order valence-corrected chi connectivity index (χ0v) is 21.4. The molecule has 5 aromatic rings. The van der Waals surface area contributed by atoms with Crippen LogP contribution in [0.1, 0.15) is 40.8 Å². The number of ether oxygens (including phenoxy) is 1. The highest BCUT2D eigenvalue weighted by molar-refractivity contribution is 6.10. The molecule has 2 N–H and O–H groups in total. The molecule has 4 heterocycles. The highest BCUT2D eigenvalue weighted by Crippen LogP contribution is 2.40. The number of aromatic nitrogens is 2. The summed E-state index contributed by atoms with van der Waals surface area (Å²) in [5.74, 6) is -0.740. The summed E-state index contributed by atoms with van der Waals surface area (Å²) in [7, 11) is 0. The molecule has 39 heavy (non-hydrogen) atoms. The highest BCUT2D eigenvalue weighted by Gasteiger charge is 2.34. The topological polar surface area (TPSA) is 102 Å². The smallest absolute Gasteiger partial charge is 0.340 e. The summed E-state index contributed by atoms with van der Waals surface area (Å²) < 4.78 is 6.71. The third-order valence-corrected chi connectivity index (χ3v) is 8.10. The predicted octanol–water partition coefficient (Wildman–Crippen LogP) is 4.43. The van der Waals surface area contributed by atoms with Crippen molar-refractivity contribution in [2.45, 2.75) is 39.0 Å². The van der Waals surface area contributed by atoms with E-state index in [4.69, 9.17) is 9.72 Å². The molecule has 0 saturated carbocycles. The highest BCUT2D eigenvalue weighted by atomic mass is 16.5. The first kappa shape index (κ1) is 23.8. The van der Waals surface area contributed by atoms with E-state index in [-0.39, 0.29) is 18.8 Å². The van der Waals surface area contributed by atoms with Gasteiger partial charge in [0.25, 0.3) is 5.56 Å². The minimum Gasteiger partial charge on any atom is -0.458 e. The SMILES string of the molecule is CCc1c2c(nc3ccc4ccc(-c5ccc(CCO)cc5)cc4c13)-c1cc3c(c(=O)n1C2)COC(=O)C3O. The Morgan fingerprint density at radius 3 is 2.54 bits per heavy atom. The normalized spacial score (nSPS) is 15.8. The van der Waals surface area contributed by atoms with Crippen molar-refractivity contribution in [3.8, 4) is 22.5 Å². The van der Waals surface area contributed by atoms with Crippen LogP contribution in [0, 0.1) is 0 Å². The fraction of sp³-hybridized carbons (Fsp3) is 0.219. The zero-order valence-electron chi connectivity index (χ0n) is 21.4. The van der Waals surface area contributed by atoms with Crippen LogP contribution in [0.2, 0.25) is 0 Å². The van der Waals surface area contributed by atoms with E-state index in [1.165, 1.54) is 0 Å². The number of pyridine rings is 2. The first-order chi connectivity index (χ1) is 19.0. The first-order valence-corrected chi connectivity index (χ1v) is 13.2. The number of benzene rings is 3. The average molecular weight is 519 g/mol. The maximum Gasteiger partial charge on any atom is 0.340 e. The van der Waals surface area contributed by atoms with Crippen molar-refractivity contribution < 1.29 is 19.7 Å². The molecule has 1 atom stereocenters. The molecule has 194 valence electrons. The second-order valence-corrected chi connectivity index (χ2v) is 10.2. The van der Waals surface area contributed by atoms with E-state index in [9.17, 15) is 19.8 Å². The van der Waals surface area contributed by atoms with Gasteiger partial charge in [-0.05, 0) is 64.1 Å². The van der Waals surface area contributed by atoms with Gasteiger partial charge in [0, 0.05) is 23.1 Å². The van der Waals surface area contributed by atoms with Gasteiger partial charge in [-0.25, -0.2) is 9.78 Å². The number of aliphatic hydroxyl groups excluding tert-OH is 2. The summed E-state index contributed by atoms with van der Waals surface area (Å²) in [4.78, 5) is 30.4. The van der Waals surface area contributed by atoms with Crippen LogP contribution in [-0.2, 0) is 35.5 Å². The Morgan fingerprint density at radius 2 is 1.77 bits per heavy atom. The summed E-state index contributed by atoms with van der Waals surface area (Å²) in [5, 5.41) is 23.0. The molecule has 0 amide bonds. The van der Waals surface area contributed by atoms with Crippen LogP contribution in [0.4, 0.5) is 0 Å². The van der Waals surface area contributed by atoms with E-state index in [1.54, 1.807) is 10.6 Å². The maximum atomic E-state index is 13.4. The summed E-state index contributed by atoms with van der Waals surface area (Å²) in [5.41, 5.74) is 7.99. The van der Waals surface area contributed by atoms with E-state index < -0.39 is 12.1 Å². The van der Waals surface area contributed by atoms with Gasteiger partial charge in [-0.15, -0.1) is 0 Å². The van der Waals surface area contributed by atoms with Gasteiger partial charge in [-0.2, -0.15) is 0 Å². The minimum absolute atomic E-state index is 0.128. The molecular formula is C32H26N2O5. The number of esters is 1. The van der Waals surface area contributed by atoms with Gasteiger partial charge >= 0.3 is 5.97 Å². The van der Waals surface area contributed by atoms with Crippen molar-refractivity contribution in [2.24, 2.45) is 0 Å². The second kappa shape index (κ2) is 8.86. The Morgan fingerprint density at radius 1 is 1.00 bits per heavy atom. The van der Waals surface area contributed by atoms with Gasteiger partial charge < -0.3 is 19.5 Å². The van der Waals surface area contributed by atoms with Crippen LogP contribution in [-0.4, -0.2) is 32.3 Å². The van der Waals surface area contributed by atoms with Crippen molar-refractivity contribution in [2.75, 3.05) is 6.61 Å².